The van der Waals surface area contributed by atoms with E-state index in [0.29, 0.717) is 28.0 Å². The van der Waals surface area contributed by atoms with E-state index >= 15 is 0 Å². The fourth-order valence-electron chi connectivity index (χ4n) is 10.2. The number of anilines is 3. The van der Waals surface area contributed by atoms with Crippen LogP contribution in [0.15, 0.2) is 158 Å². The van der Waals surface area contributed by atoms with Crippen LogP contribution in [0.4, 0.5) is 17.1 Å². The number of hydrogen-bond acceptors (Lipinski definition) is 8. The maximum absolute atomic E-state index is 13.6. The van der Waals surface area contributed by atoms with Gasteiger partial charge in [-0.3, -0.25) is 0 Å². The smallest absolute Gasteiger partial charge is 0.337 e. The molecule has 0 amide bonds. The zero-order valence-electron chi connectivity index (χ0n) is 44.5. The molecule has 9 aromatic rings. The van der Waals surface area contributed by atoms with E-state index in [9.17, 15) is 39.6 Å². The molecule has 0 aliphatic carbocycles. The molecule has 2 aliphatic rings. The van der Waals surface area contributed by atoms with Gasteiger partial charge in [0.1, 0.15) is 5.75 Å². The molecule has 11 rings (SSSR count). The van der Waals surface area contributed by atoms with Crippen molar-refractivity contribution in [2.75, 3.05) is 12.0 Å². The molecule has 5 heterocycles. The summed E-state index contributed by atoms with van der Waals surface area (Å²) in [7, 11) is 1.52. The molecule has 0 saturated carbocycles. The van der Waals surface area contributed by atoms with Gasteiger partial charge in [-0.2, -0.15) is 0 Å². The highest BCUT2D eigenvalue weighted by Crippen LogP contribution is 2.43. The number of fused-ring (bicyclic) bond motifs is 8. The second kappa shape index (κ2) is 21.2. The minimum atomic E-state index is -1.37. The zero-order chi connectivity index (χ0) is 56.8. The van der Waals surface area contributed by atoms with Crippen molar-refractivity contribution in [3.05, 3.63) is 225 Å². The molecule has 0 radical (unpaired) electrons. The van der Waals surface area contributed by atoms with Gasteiger partial charge in [-0.05, 0) is 123 Å². The van der Waals surface area contributed by atoms with Crippen LogP contribution >= 0.6 is 0 Å². The number of nitrogens with one attached hydrogen (secondary N) is 2. The van der Waals surface area contributed by atoms with E-state index in [4.69, 9.17) is 14.7 Å². The Morgan fingerprint density at radius 2 is 0.951 bits per heavy atom. The normalized spacial score (nSPS) is 12.0. The third kappa shape index (κ3) is 10.2. The third-order valence-corrected chi connectivity index (χ3v) is 14.3. The predicted octanol–water partition coefficient (Wildman–Crippen LogP) is 14.8. The first-order chi connectivity index (χ1) is 39.0. The second-order valence-corrected chi connectivity index (χ2v) is 19.9. The lowest BCUT2D eigenvalue weighted by atomic mass is 9.97. The molecule has 14 nitrogen and oxygen atoms in total. The van der Waals surface area contributed by atoms with Gasteiger partial charge in [-0.15, -0.1) is 0 Å². The van der Waals surface area contributed by atoms with Gasteiger partial charge in [0.2, 0.25) is 0 Å². The standard InChI is InChI=1S/C67H51N5O9/c1-36-6-17-42(18-7-36)58-60-50(64(73)74)32-45(68-60)31-46-33-51(65(75)76)61(69-46)59(43-19-8-37(2)9-20-43)63-53(67(79)80)35-55(71-63)57(54-34-52(66(77)78)62(58)70-54)44-23-22-41(56(30-44)81-5)21-14-40-15-28-49(29-16-40)72(47-24-10-38(3)11-25-47)48-26-12-39(4)13-27-48/h6-35,68,71H,1-5H3,(H,73,74)(H,75,76)(H,77,78)(H,79,80)/b21-14+,45-31?,46-31?,57-54?,57-55?,60-58?,61-59?,62-58?,63-59?. The van der Waals surface area contributed by atoms with Crippen LogP contribution in [0, 0.1) is 27.7 Å². The Bertz CT molecular complexity index is 4250. The number of aromatic amines is 2. The Morgan fingerprint density at radius 3 is 1.47 bits per heavy atom. The van der Waals surface area contributed by atoms with Crippen molar-refractivity contribution in [1.29, 1.82) is 0 Å². The number of aromatic carboxylic acids is 2. The molecule has 6 aromatic carbocycles. The Kier molecular flexibility index (Phi) is 13.6. The van der Waals surface area contributed by atoms with Gasteiger partial charge in [-0.25, -0.2) is 29.1 Å². The van der Waals surface area contributed by atoms with E-state index in [1.807, 2.05) is 68.5 Å². The highest BCUT2D eigenvalue weighted by Gasteiger charge is 2.30. The number of carboxylic acids is 4. The van der Waals surface area contributed by atoms with Gasteiger partial charge < -0.3 is 40.0 Å². The number of aromatic nitrogens is 4. The lowest BCUT2D eigenvalue weighted by Gasteiger charge is -2.25. The molecule has 0 unspecified atom stereocenters. The van der Waals surface area contributed by atoms with Crippen molar-refractivity contribution in [2.45, 2.75) is 27.7 Å². The molecule has 0 spiro atoms. The van der Waals surface area contributed by atoms with E-state index in [2.05, 4.69) is 89.4 Å². The predicted molar refractivity (Wildman–Crippen MR) is 318 cm³/mol. The quantitative estimate of drug-likeness (QED) is 0.0594. The second-order valence-electron chi connectivity index (χ2n) is 19.9. The molecule has 6 N–H and O–H groups in total. The van der Waals surface area contributed by atoms with Crippen molar-refractivity contribution in [2.24, 2.45) is 0 Å². The van der Waals surface area contributed by atoms with E-state index in [0.717, 1.165) is 44.9 Å². The van der Waals surface area contributed by atoms with Crippen LogP contribution in [0.2, 0.25) is 0 Å². The van der Waals surface area contributed by atoms with Crippen LogP contribution < -0.4 is 9.64 Å². The van der Waals surface area contributed by atoms with Gasteiger partial charge in [0.25, 0.3) is 0 Å². The van der Waals surface area contributed by atoms with E-state index in [-0.39, 0.29) is 83.8 Å². The van der Waals surface area contributed by atoms with E-state index < -0.39 is 23.9 Å². The third-order valence-electron chi connectivity index (χ3n) is 14.3. The summed E-state index contributed by atoms with van der Waals surface area (Å²) in [6.07, 6.45) is 6.56. The highest BCUT2D eigenvalue weighted by molar-refractivity contribution is 6.26. The number of methoxy groups -OCH3 is 1. The SMILES string of the molecule is COc1cc(-c2c3nc(c(-c4ccc(C)cc4)c4[nH]c(cc5nc(c(-c6ccc(C)cc6)c6[nH]c2cc6C(=O)O)C(C(=O)O)=C5)cc4C(=O)O)C(C(=O)O)=C3)ccc1/C=C/c1ccc(N(c2ccc(C)cc2)c2ccc(C)cc2)cc1. The monoisotopic (exact) mass is 1070 g/mol. The van der Waals surface area contributed by atoms with E-state index in [1.54, 1.807) is 36.4 Å². The summed E-state index contributed by atoms with van der Waals surface area (Å²) in [6.45, 7) is 7.88. The van der Waals surface area contributed by atoms with Crippen molar-refractivity contribution in [3.63, 3.8) is 0 Å². The number of benzene rings is 6. The number of aryl methyl sites for hydroxylation is 4. The lowest BCUT2D eigenvalue weighted by molar-refractivity contribution is -0.131. The van der Waals surface area contributed by atoms with Crippen LogP contribution in [-0.2, 0) is 9.59 Å². The maximum atomic E-state index is 13.6. The molecule has 0 saturated heterocycles. The number of ether oxygens (including phenoxy) is 1. The molecular weight excluding hydrogens is 1020 g/mol. The molecule has 81 heavy (non-hydrogen) atoms. The fourth-order valence-corrected chi connectivity index (χ4v) is 10.2. The van der Waals surface area contributed by atoms with Crippen LogP contribution in [-0.4, -0.2) is 71.3 Å². The minimum absolute atomic E-state index is 0.00366. The highest BCUT2D eigenvalue weighted by atomic mass is 16.5. The first-order valence-electron chi connectivity index (χ1n) is 25.8. The molecule has 3 aromatic heterocycles. The first kappa shape index (κ1) is 52.2. The maximum Gasteiger partial charge on any atom is 0.337 e. The topological polar surface area (TPSA) is 219 Å². The number of nitrogens with zero attached hydrogens (tertiary/aromatic N) is 3. The largest absolute Gasteiger partial charge is 0.496 e. The molecule has 0 fully saturated rings. The number of rotatable bonds is 13. The zero-order valence-corrected chi connectivity index (χ0v) is 44.5. The molecule has 2 aliphatic heterocycles. The number of hydrogen-bond donors (Lipinski definition) is 6. The number of aliphatic carboxylic acids is 2. The molecular formula is C67H51N5O9. The van der Waals surface area contributed by atoms with Crippen LogP contribution in [0.25, 0.3) is 90.9 Å². The Morgan fingerprint density at radius 1 is 0.481 bits per heavy atom. The van der Waals surface area contributed by atoms with Crippen molar-refractivity contribution in [3.8, 4) is 39.1 Å². The van der Waals surface area contributed by atoms with Gasteiger partial charge in [-0.1, -0.05) is 131 Å². The Hall–Kier alpha value is -10.9. The van der Waals surface area contributed by atoms with Crippen molar-refractivity contribution in [1.82, 2.24) is 19.9 Å². The number of carboxylic acid groups (broad SMARTS) is 4. The van der Waals surface area contributed by atoms with Gasteiger partial charge >= 0.3 is 23.9 Å². The fraction of sp³-hybridized carbons (Fsp3) is 0.0746. The molecule has 8 bridgehead atoms. The number of carbonyl (C=O) groups is 4. The summed E-state index contributed by atoms with van der Waals surface area (Å²) >= 11 is 0. The molecule has 14 heteroatoms. The summed E-state index contributed by atoms with van der Waals surface area (Å²) in [4.78, 5) is 72.4. The first-order valence-corrected chi connectivity index (χ1v) is 25.8. The van der Waals surface area contributed by atoms with Crippen molar-refractivity contribution < 1.29 is 44.3 Å². The summed E-state index contributed by atoms with van der Waals surface area (Å²) in [5.74, 6) is -5.00. The van der Waals surface area contributed by atoms with Gasteiger partial charge in [0.05, 0.1) is 63.2 Å². The molecule has 0 atom stereocenters. The van der Waals surface area contributed by atoms with Gasteiger partial charge in [0.15, 0.2) is 0 Å². The average Bonchev–Trinajstić information content (AvgIpc) is 4.09. The average molecular weight is 1070 g/mol. The lowest BCUT2D eigenvalue weighted by Crippen LogP contribution is -2.09. The van der Waals surface area contributed by atoms with Crippen LogP contribution in [0.1, 0.15) is 76.9 Å². The van der Waals surface area contributed by atoms with Gasteiger partial charge in [0, 0.05) is 50.3 Å². The number of H-pyrrole nitrogens is 2. The van der Waals surface area contributed by atoms with Crippen LogP contribution in [0.5, 0.6) is 5.75 Å². The molecule has 398 valence electrons. The van der Waals surface area contributed by atoms with E-state index in [1.165, 1.54) is 37.5 Å². The summed E-state index contributed by atoms with van der Waals surface area (Å²) < 4.78 is 6.07. The Balaban J connectivity index is 1.17. The van der Waals surface area contributed by atoms with Crippen LogP contribution in [0.3, 0.4) is 0 Å². The Labute approximate surface area is 464 Å². The summed E-state index contributed by atoms with van der Waals surface area (Å²) in [5, 5.41) is 43.8. The minimum Gasteiger partial charge on any atom is -0.496 e. The summed E-state index contributed by atoms with van der Waals surface area (Å²) in [6, 6.07) is 48.7. The van der Waals surface area contributed by atoms with Crippen molar-refractivity contribution >= 4 is 98.5 Å². The summed E-state index contributed by atoms with van der Waals surface area (Å²) in [5.41, 5.74) is 9.87.